The Morgan fingerprint density at radius 3 is 2.34 bits per heavy atom. The van der Waals surface area contributed by atoms with E-state index in [0.29, 0.717) is 31.8 Å². The second-order valence-electron chi connectivity index (χ2n) is 5.84. The molecule has 0 spiro atoms. The van der Waals surface area contributed by atoms with Gasteiger partial charge in [-0.3, -0.25) is 15.0 Å². The van der Waals surface area contributed by atoms with Crippen molar-refractivity contribution in [2.75, 3.05) is 26.2 Å². The third-order valence-corrected chi connectivity index (χ3v) is 3.65. The average Bonchev–Trinajstić information content (AvgIpc) is 2.65. The van der Waals surface area contributed by atoms with Crippen molar-refractivity contribution in [3.8, 4) is 5.75 Å². The van der Waals surface area contributed by atoms with Crippen molar-refractivity contribution in [2.24, 2.45) is 5.73 Å². The van der Waals surface area contributed by atoms with Gasteiger partial charge < -0.3 is 25.8 Å². The SMILES string of the molecule is N=C(N)c1ccc(OCCCCN2CCNC(=O)C2=O)cc1.O=C(O)C(F)(F)F. The molecule has 5 N–H and O–H groups in total. The summed E-state index contributed by atoms with van der Waals surface area (Å²) in [4.78, 5) is 33.2. The van der Waals surface area contributed by atoms with Gasteiger partial charge in [0.05, 0.1) is 6.61 Å². The van der Waals surface area contributed by atoms with E-state index in [-0.39, 0.29) is 5.84 Å². The summed E-state index contributed by atoms with van der Waals surface area (Å²) >= 11 is 0. The Hall–Kier alpha value is -3.31. The molecule has 9 nitrogen and oxygen atoms in total. The van der Waals surface area contributed by atoms with Crippen LogP contribution in [0.25, 0.3) is 0 Å². The lowest BCUT2D eigenvalue weighted by molar-refractivity contribution is -0.192. The highest BCUT2D eigenvalue weighted by atomic mass is 19.4. The number of carbonyl (C=O) groups excluding carboxylic acids is 2. The minimum atomic E-state index is -5.08. The predicted octanol–water partition coefficient (Wildman–Crippen LogP) is 0.721. The molecule has 1 aromatic rings. The lowest BCUT2D eigenvalue weighted by Gasteiger charge is -2.26. The molecule has 12 heteroatoms. The number of nitrogens with two attached hydrogens (primary N) is 1. The van der Waals surface area contributed by atoms with Crippen molar-refractivity contribution in [2.45, 2.75) is 19.0 Å². The number of aliphatic carboxylic acids is 1. The molecule has 0 atom stereocenters. The van der Waals surface area contributed by atoms with Gasteiger partial charge in [-0.1, -0.05) is 0 Å². The Balaban J connectivity index is 0.000000516. The molecule has 29 heavy (non-hydrogen) atoms. The molecular weight excluding hydrogens is 397 g/mol. The van der Waals surface area contributed by atoms with Gasteiger partial charge in [-0.15, -0.1) is 0 Å². The molecule has 0 unspecified atom stereocenters. The molecule has 0 aromatic heterocycles. The first-order valence-corrected chi connectivity index (χ1v) is 8.47. The van der Waals surface area contributed by atoms with Crippen molar-refractivity contribution in [1.29, 1.82) is 5.41 Å². The van der Waals surface area contributed by atoms with Crippen LogP contribution in [0.5, 0.6) is 5.75 Å². The van der Waals surface area contributed by atoms with Gasteiger partial charge in [-0.25, -0.2) is 4.79 Å². The number of alkyl halides is 3. The number of nitrogens with zero attached hydrogens (tertiary/aromatic N) is 1. The van der Waals surface area contributed by atoms with Crippen molar-refractivity contribution >= 4 is 23.6 Å². The number of halogens is 3. The first-order chi connectivity index (χ1) is 13.5. The molecule has 1 aliphatic rings. The number of carboxylic acids is 1. The quantitative estimate of drug-likeness (QED) is 0.222. The second kappa shape index (κ2) is 10.9. The van der Waals surface area contributed by atoms with Crippen LogP contribution in [-0.4, -0.2) is 66.0 Å². The summed E-state index contributed by atoms with van der Waals surface area (Å²) in [5.41, 5.74) is 6.04. The molecule has 2 rings (SSSR count). The largest absolute Gasteiger partial charge is 0.494 e. The van der Waals surface area contributed by atoms with Crippen LogP contribution in [0.15, 0.2) is 24.3 Å². The van der Waals surface area contributed by atoms with E-state index in [4.69, 9.17) is 25.8 Å². The molecule has 1 aliphatic heterocycles. The fraction of sp³-hybridized carbons (Fsp3) is 0.412. The van der Waals surface area contributed by atoms with Gasteiger partial charge >= 0.3 is 24.0 Å². The van der Waals surface area contributed by atoms with Gasteiger partial charge in [-0.05, 0) is 37.1 Å². The standard InChI is InChI=1S/C15H20N4O3.C2HF3O2/c16-13(17)11-3-5-12(6-4-11)22-10-2-1-8-19-9-7-18-14(20)15(19)21;3-2(4,5)1(6)7/h3-6H,1-2,7-10H2,(H3,16,17)(H,18,20);(H,6,7). The fourth-order valence-corrected chi connectivity index (χ4v) is 2.16. The number of amidine groups is 1. The van der Waals surface area contributed by atoms with E-state index in [9.17, 15) is 22.8 Å². The maximum Gasteiger partial charge on any atom is 0.490 e. The third-order valence-electron chi connectivity index (χ3n) is 3.65. The first-order valence-electron chi connectivity index (χ1n) is 8.47. The van der Waals surface area contributed by atoms with Gasteiger partial charge in [0.25, 0.3) is 0 Å². The lowest BCUT2D eigenvalue weighted by Crippen LogP contribution is -2.52. The number of nitrogen functional groups attached to an aromatic ring is 1. The summed E-state index contributed by atoms with van der Waals surface area (Å²) in [6.45, 7) is 2.19. The molecule has 1 saturated heterocycles. The normalized spacial score (nSPS) is 13.8. The minimum Gasteiger partial charge on any atom is -0.494 e. The minimum absolute atomic E-state index is 0.0294. The highest BCUT2D eigenvalue weighted by Gasteiger charge is 2.38. The molecule has 1 heterocycles. The van der Waals surface area contributed by atoms with E-state index >= 15 is 0 Å². The average molecular weight is 418 g/mol. The Labute approximate surface area is 164 Å². The van der Waals surface area contributed by atoms with Crippen LogP contribution in [0, 0.1) is 5.41 Å². The zero-order valence-corrected chi connectivity index (χ0v) is 15.3. The molecule has 0 radical (unpaired) electrons. The summed E-state index contributed by atoms with van der Waals surface area (Å²) in [5.74, 6) is -2.98. The second-order valence-corrected chi connectivity index (χ2v) is 5.84. The number of carbonyl (C=O) groups is 3. The first kappa shape index (κ1) is 23.7. The molecule has 1 fully saturated rings. The number of ether oxygens (including phenoxy) is 1. The van der Waals surface area contributed by atoms with Crippen molar-refractivity contribution in [3.05, 3.63) is 29.8 Å². The monoisotopic (exact) mass is 418 g/mol. The zero-order valence-electron chi connectivity index (χ0n) is 15.3. The summed E-state index contributed by atoms with van der Waals surface area (Å²) in [7, 11) is 0. The summed E-state index contributed by atoms with van der Waals surface area (Å²) in [6.07, 6.45) is -3.51. The molecule has 2 amide bonds. The van der Waals surface area contributed by atoms with Crippen LogP contribution >= 0.6 is 0 Å². The van der Waals surface area contributed by atoms with Crippen LogP contribution in [0.3, 0.4) is 0 Å². The van der Waals surface area contributed by atoms with Gasteiger partial charge in [0.15, 0.2) is 0 Å². The predicted molar refractivity (Wildman–Crippen MR) is 95.5 cm³/mol. The number of nitrogens with one attached hydrogen (secondary N) is 2. The highest BCUT2D eigenvalue weighted by Crippen LogP contribution is 2.13. The Bertz CT molecular complexity index is 738. The Kier molecular flexibility index (Phi) is 8.90. The number of hydrogen-bond acceptors (Lipinski definition) is 5. The van der Waals surface area contributed by atoms with Gasteiger partial charge in [-0.2, -0.15) is 13.2 Å². The highest BCUT2D eigenvalue weighted by molar-refractivity contribution is 6.35. The van der Waals surface area contributed by atoms with Gasteiger partial charge in [0, 0.05) is 25.2 Å². The number of hydrogen-bond donors (Lipinski definition) is 4. The van der Waals surface area contributed by atoms with Gasteiger partial charge in [0.2, 0.25) is 0 Å². The third kappa shape index (κ3) is 8.49. The van der Waals surface area contributed by atoms with Crippen molar-refractivity contribution < 1.29 is 37.4 Å². The molecule has 1 aromatic carbocycles. The number of unbranched alkanes of at least 4 members (excludes halogenated alkanes) is 1. The molecule has 160 valence electrons. The Morgan fingerprint density at radius 2 is 1.83 bits per heavy atom. The zero-order chi connectivity index (χ0) is 22.0. The molecule has 0 aliphatic carbocycles. The molecule has 0 saturated carbocycles. The lowest BCUT2D eigenvalue weighted by atomic mass is 10.2. The van der Waals surface area contributed by atoms with E-state index < -0.39 is 24.0 Å². The van der Waals surface area contributed by atoms with Crippen LogP contribution in [0.2, 0.25) is 0 Å². The van der Waals surface area contributed by atoms with Crippen molar-refractivity contribution in [3.63, 3.8) is 0 Å². The topological polar surface area (TPSA) is 146 Å². The van der Waals surface area contributed by atoms with E-state index in [2.05, 4.69) is 5.32 Å². The molecular formula is C17H21F3N4O5. The van der Waals surface area contributed by atoms with Crippen LogP contribution in [0.4, 0.5) is 13.2 Å². The van der Waals surface area contributed by atoms with Crippen molar-refractivity contribution in [1.82, 2.24) is 10.2 Å². The van der Waals surface area contributed by atoms with Crippen LogP contribution < -0.4 is 15.8 Å². The van der Waals surface area contributed by atoms with E-state index in [1.54, 1.807) is 29.2 Å². The molecule has 0 bridgehead atoms. The van der Waals surface area contributed by atoms with Gasteiger partial charge in [0.1, 0.15) is 11.6 Å². The maximum absolute atomic E-state index is 11.6. The van der Waals surface area contributed by atoms with Crippen LogP contribution in [0.1, 0.15) is 18.4 Å². The number of amides is 2. The number of piperazine rings is 1. The number of rotatable bonds is 7. The summed E-state index contributed by atoms with van der Waals surface area (Å²) in [6, 6.07) is 7.02. The van der Waals surface area contributed by atoms with E-state index in [1.807, 2.05) is 0 Å². The Morgan fingerprint density at radius 1 is 1.24 bits per heavy atom. The maximum atomic E-state index is 11.6. The van der Waals surface area contributed by atoms with E-state index in [0.717, 1.165) is 18.6 Å². The smallest absolute Gasteiger partial charge is 0.490 e. The summed E-state index contributed by atoms with van der Waals surface area (Å²) < 4.78 is 37.3. The summed E-state index contributed by atoms with van der Waals surface area (Å²) in [5, 5.41) is 16.9. The number of benzene rings is 1. The van der Waals surface area contributed by atoms with Crippen LogP contribution in [-0.2, 0) is 14.4 Å². The van der Waals surface area contributed by atoms with E-state index in [1.165, 1.54) is 0 Å². The number of carboxylic acid groups (broad SMARTS) is 1. The fourth-order valence-electron chi connectivity index (χ4n) is 2.16.